The molecule has 7 rings (SSSR count). The van der Waals surface area contributed by atoms with E-state index in [1.807, 2.05) is 43.3 Å². The number of halogens is 3. The molecule has 44 heavy (non-hydrogen) atoms. The fraction of sp³-hybridized carbons (Fsp3) is 0.114. The molecule has 0 saturated heterocycles. The number of anilines is 2. The molecule has 0 aromatic heterocycles. The number of nitrogens with one attached hydrogen (secondary N) is 2. The monoisotopic (exact) mass is 610 g/mol. The van der Waals surface area contributed by atoms with E-state index in [0.29, 0.717) is 11.3 Å². The summed E-state index contributed by atoms with van der Waals surface area (Å²) in [6.07, 6.45) is -4.54. The number of amides is 1. The van der Waals surface area contributed by atoms with Gasteiger partial charge in [0.1, 0.15) is 0 Å². The first-order valence-corrected chi connectivity index (χ1v) is 15.4. The lowest BCUT2D eigenvalue weighted by Gasteiger charge is -2.21. The minimum atomic E-state index is -4.54. The van der Waals surface area contributed by atoms with Crippen molar-refractivity contribution in [1.29, 1.82) is 0 Å². The number of carbonyl (C=O) groups is 1. The van der Waals surface area contributed by atoms with Gasteiger partial charge >= 0.3 is 6.18 Å². The van der Waals surface area contributed by atoms with Crippen molar-refractivity contribution in [3.63, 3.8) is 0 Å². The van der Waals surface area contributed by atoms with Gasteiger partial charge < -0.3 is 5.32 Å². The predicted octanol–water partition coefficient (Wildman–Crippen LogP) is 8.31. The molecule has 2 aliphatic rings. The zero-order valence-electron chi connectivity index (χ0n) is 23.3. The molecule has 1 aliphatic heterocycles. The zero-order valence-corrected chi connectivity index (χ0v) is 24.1. The summed E-state index contributed by atoms with van der Waals surface area (Å²) in [5.74, 6) is -1.27. The van der Waals surface area contributed by atoms with Gasteiger partial charge in [0.2, 0.25) is 5.91 Å². The minimum absolute atomic E-state index is 0.00697. The Kier molecular flexibility index (Phi) is 6.40. The number of sulfonamides is 1. The highest BCUT2D eigenvalue weighted by molar-refractivity contribution is 7.92. The summed E-state index contributed by atoms with van der Waals surface area (Å²) in [5.41, 5.74) is 5.31. The molecule has 2 atom stereocenters. The van der Waals surface area contributed by atoms with Gasteiger partial charge in [-0.2, -0.15) is 13.2 Å². The van der Waals surface area contributed by atoms with Crippen LogP contribution in [0.2, 0.25) is 0 Å². The zero-order chi connectivity index (χ0) is 30.8. The number of rotatable bonds is 5. The van der Waals surface area contributed by atoms with Crippen LogP contribution in [-0.4, -0.2) is 14.3 Å². The van der Waals surface area contributed by atoms with Crippen molar-refractivity contribution in [3.05, 3.63) is 143 Å². The van der Waals surface area contributed by atoms with Crippen LogP contribution in [0.1, 0.15) is 46.6 Å². The number of alkyl halides is 3. The lowest BCUT2D eigenvalue weighted by molar-refractivity contribution is -0.137. The Balaban J connectivity index is 1.30. The summed E-state index contributed by atoms with van der Waals surface area (Å²) in [7, 11) is -4.18. The van der Waals surface area contributed by atoms with Crippen LogP contribution < -0.4 is 10.0 Å². The van der Waals surface area contributed by atoms with E-state index in [0.717, 1.165) is 62.9 Å². The number of allylic oxidation sites excluding steroid dienone is 1. The molecule has 5 aromatic rings. The normalized spacial score (nSPS) is 17.9. The highest BCUT2D eigenvalue weighted by Crippen LogP contribution is 2.54. The smallest absolute Gasteiger partial charge is 0.325 e. The Bertz CT molecular complexity index is 2110. The molecule has 9 heteroatoms. The van der Waals surface area contributed by atoms with E-state index in [9.17, 15) is 26.4 Å². The molecule has 1 aliphatic carbocycles. The third-order valence-electron chi connectivity index (χ3n) is 8.49. The van der Waals surface area contributed by atoms with E-state index < -0.39 is 27.7 Å². The first kappa shape index (κ1) is 27.9. The van der Waals surface area contributed by atoms with Crippen LogP contribution in [0.15, 0.2) is 120 Å². The molecule has 5 aromatic carbocycles. The largest absolute Gasteiger partial charge is 0.416 e. The molecule has 1 amide bonds. The SMILES string of the molecule is CC1=C(c2cccc3ccccc23)c2ccccc2C1C1C(=O)Nc2ccc(S(=O)(=O)Nc3ccc(C(F)(F)F)cc3)cc21. The number of hydrogen-bond acceptors (Lipinski definition) is 3. The highest BCUT2D eigenvalue weighted by Gasteiger charge is 2.43. The summed E-state index contributed by atoms with van der Waals surface area (Å²) in [6.45, 7) is 2.03. The third kappa shape index (κ3) is 4.55. The van der Waals surface area contributed by atoms with Crippen molar-refractivity contribution in [2.75, 3.05) is 10.0 Å². The van der Waals surface area contributed by atoms with Crippen molar-refractivity contribution >= 4 is 43.7 Å². The Morgan fingerprint density at radius 3 is 2.20 bits per heavy atom. The quantitative estimate of drug-likeness (QED) is 0.210. The average Bonchev–Trinajstić information content (AvgIpc) is 3.47. The molecule has 0 spiro atoms. The number of benzene rings is 5. The maximum atomic E-state index is 13.6. The lowest BCUT2D eigenvalue weighted by Crippen LogP contribution is -2.19. The molecule has 0 radical (unpaired) electrons. The van der Waals surface area contributed by atoms with Gasteiger partial charge in [0, 0.05) is 17.3 Å². The summed E-state index contributed by atoms with van der Waals surface area (Å²) >= 11 is 0. The molecular formula is C35H25F3N2O3S. The maximum Gasteiger partial charge on any atom is 0.416 e. The van der Waals surface area contributed by atoms with Crippen molar-refractivity contribution in [2.24, 2.45) is 0 Å². The van der Waals surface area contributed by atoms with Gasteiger partial charge in [-0.15, -0.1) is 0 Å². The fourth-order valence-corrected chi connectivity index (χ4v) is 7.62. The van der Waals surface area contributed by atoms with Crippen LogP contribution in [0, 0.1) is 0 Å². The first-order valence-electron chi connectivity index (χ1n) is 14.0. The Labute approximate surface area is 252 Å². The molecule has 0 bridgehead atoms. The van der Waals surface area contributed by atoms with Crippen LogP contribution in [0.4, 0.5) is 24.5 Å². The van der Waals surface area contributed by atoms with Gasteiger partial charge in [-0.1, -0.05) is 72.3 Å². The van der Waals surface area contributed by atoms with E-state index >= 15 is 0 Å². The number of carbonyl (C=O) groups excluding carboxylic acids is 1. The topological polar surface area (TPSA) is 75.3 Å². The van der Waals surface area contributed by atoms with Crippen LogP contribution in [0.25, 0.3) is 16.3 Å². The maximum absolute atomic E-state index is 13.6. The molecule has 5 nitrogen and oxygen atoms in total. The van der Waals surface area contributed by atoms with Gasteiger partial charge in [0.15, 0.2) is 0 Å². The first-order chi connectivity index (χ1) is 21.0. The van der Waals surface area contributed by atoms with E-state index in [4.69, 9.17) is 0 Å². The van der Waals surface area contributed by atoms with Crippen LogP contribution in [0.5, 0.6) is 0 Å². The van der Waals surface area contributed by atoms with Crippen molar-refractivity contribution in [2.45, 2.75) is 29.8 Å². The second kappa shape index (κ2) is 10.1. The number of fused-ring (bicyclic) bond motifs is 3. The Morgan fingerprint density at radius 1 is 0.750 bits per heavy atom. The van der Waals surface area contributed by atoms with E-state index in [1.165, 1.54) is 12.1 Å². The van der Waals surface area contributed by atoms with Crippen molar-refractivity contribution < 1.29 is 26.4 Å². The lowest BCUT2D eigenvalue weighted by atomic mass is 9.80. The fourth-order valence-electron chi connectivity index (χ4n) is 6.53. The predicted molar refractivity (Wildman–Crippen MR) is 165 cm³/mol. The number of hydrogen-bond donors (Lipinski definition) is 2. The molecule has 1 heterocycles. The van der Waals surface area contributed by atoms with Gasteiger partial charge in [0.05, 0.1) is 16.4 Å². The average molecular weight is 611 g/mol. The molecular weight excluding hydrogens is 585 g/mol. The van der Waals surface area contributed by atoms with E-state index in [-0.39, 0.29) is 22.4 Å². The Hall–Kier alpha value is -4.89. The molecule has 0 fully saturated rings. The van der Waals surface area contributed by atoms with Crippen LogP contribution >= 0.6 is 0 Å². The molecule has 0 saturated carbocycles. The summed E-state index contributed by atoms with van der Waals surface area (Å²) in [6, 6.07) is 30.5. The van der Waals surface area contributed by atoms with Crippen molar-refractivity contribution in [1.82, 2.24) is 0 Å². The Morgan fingerprint density at radius 2 is 1.43 bits per heavy atom. The van der Waals surface area contributed by atoms with Crippen LogP contribution in [-0.2, 0) is 21.0 Å². The summed E-state index contributed by atoms with van der Waals surface area (Å²) in [5, 5.41) is 5.12. The van der Waals surface area contributed by atoms with Gasteiger partial charge in [0.25, 0.3) is 10.0 Å². The second-order valence-corrected chi connectivity index (χ2v) is 12.7. The standard InChI is InChI=1S/C35H25F3N2O3S/c1-20-31(26-12-6-8-21-7-2-3-9-25(21)26)27-10-4-5-11-28(27)32(20)33-29-19-24(17-18-30(29)39-34(33)41)44(42,43)40-23-15-13-22(14-16-23)35(36,37)38/h2-19,32-33,40H,1H3,(H,39,41). The third-order valence-corrected chi connectivity index (χ3v) is 9.87. The van der Waals surface area contributed by atoms with E-state index in [1.54, 1.807) is 6.07 Å². The second-order valence-electron chi connectivity index (χ2n) is 11.0. The molecule has 220 valence electrons. The van der Waals surface area contributed by atoms with E-state index in [2.05, 4.69) is 40.4 Å². The highest BCUT2D eigenvalue weighted by atomic mass is 32.2. The minimum Gasteiger partial charge on any atom is -0.325 e. The van der Waals surface area contributed by atoms with Crippen molar-refractivity contribution in [3.8, 4) is 0 Å². The summed E-state index contributed by atoms with van der Waals surface area (Å²) < 4.78 is 68.0. The van der Waals surface area contributed by atoms with Gasteiger partial charge in [-0.25, -0.2) is 8.42 Å². The molecule has 2 unspecified atom stereocenters. The summed E-state index contributed by atoms with van der Waals surface area (Å²) in [4.78, 5) is 13.5. The van der Waals surface area contributed by atoms with Gasteiger partial charge in [-0.3, -0.25) is 9.52 Å². The van der Waals surface area contributed by atoms with Crippen LogP contribution in [0.3, 0.4) is 0 Å². The molecule has 2 N–H and O–H groups in total. The van der Waals surface area contributed by atoms with Gasteiger partial charge in [-0.05, 0) is 88.0 Å².